The Labute approximate surface area is 118 Å². The van der Waals surface area contributed by atoms with Gasteiger partial charge in [-0.3, -0.25) is 9.69 Å². The van der Waals surface area contributed by atoms with Crippen LogP contribution in [0.5, 0.6) is 0 Å². The second-order valence-corrected chi connectivity index (χ2v) is 6.82. The molecule has 4 nitrogen and oxygen atoms in total. The van der Waals surface area contributed by atoms with Crippen LogP contribution in [0.3, 0.4) is 0 Å². The molecule has 1 aromatic rings. The number of hydrogen-bond donors (Lipinski definition) is 1. The molecule has 0 spiro atoms. The molecule has 1 amide bonds. The molecular weight excluding hydrogens is 258 g/mol. The molecule has 1 aromatic heterocycles. The highest BCUT2D eigenvalue weighted by molar-refractivity contribution is 7.14. The van der Waals surface area contributed by atoms with E-state index in [0.717, 1.165) is 35.0 Å². The summed E-state index contributed by atoms with van der Waals surface area (Å²) in [5.74, 6) is 0.159. The number of anilines is 1. The molecule has 3 rings (SSSR count). The zero-order valence-electron chi connectivity index (χ0n) is 11.4. The van der Waals surface area contributed by atoms with Gasteiger partial charge in [0.2, 0.25) is 0 Å². The normalized spacial score (nSPS) is 24.3. The number of carbonyl (C=O) groups is 1. The van der Waals surface area contributed by atoms with Crippen molar-refractivity contribution in [2.45, 2.75) is 32.2 Å². The van der Waals surface area contributed by atoms with Gasteiger partial charge in [-0.25, -0.2) is 0 Å². The van der Waals surface area contributed by atoms with Gasteiger partial charge in [0.25, 0.3) is 5.91 Å². The molecule has 1 unspecified atom stereocenters. The third-order valence-corrected chi connectivity index (χ3v) is 5.33. The lowest BCUT2D eigenvalue weighted by molar-refractivity contribution is 0.0785. The summed E-state index contributed by atoms with van der Waals surface area (Å²) in [5, 5.41) is 0. The highest BCUT2D eigenvalue weighted by atomic mass is 32.1. The van der Waals surface area contributed by atoms with E-state index in [9.17, 15) is 4.79 Å². The Morgan fingerprint density at radius 1 is 1.37 bits per heavy atom. The van der Waals surface area contributed by atoms with Crippen molar-refractivity contribution in [2.75, 3.05) is 31.9 Å². The minimum absolute atomic E-state index is 0.159. The van der Waals surface area contributed by atoms with Gasteiger partial charge in [-0.05, 0) is 45.3 Å². The van der Waals surface area contributed by atoms with Gasteiger partial charge in [0.1, 0.15) is 0 Å². The molecule has 0 aliphatic carbocycles. The molecule has 19 heavy (non-hydrogen) atoms. The average molecular weight is 279 g/mol. The van der Waals surface area contributed by atoms with Crippen LogP contribution in [-0.2, 0) is 0 Å². The molecule has 104 valence electrons. The maximum absolute atomic E-state index is 12.4. The summed E-state index contributed by atoms with van der Waals surface area (Å²) < 4.78 is 0. The Bertz CT molecular complexity index is 460. The number of carbonyl (C=O) groups excluding carboxylic acids is 1. The summed E-state index contributed by atoms with van der Waals surface area (Å²) in [6, 6.07) is 2.40. The first-order valence-corrected chi connectivity index (χ1v) is 7.86. The van der Waals surface area contributed by atoms with E-state index < -0.39 is 0 Å². The Hall–Kier alpha value is -1.07. The predicted molar refractivity (Wildman–Crippen MR) is 78.6 cm³/mol. The number of nitrogen functional groups attached to an aromatic ring is 1. The van der Waals surface area contributed by atoms with Crippen molar-refractivity contribution in [1.82, 2.24) is 9.80 Å². The highest BCUT2D eigenvalue weighted by Crippen LogP contribution is 2.27. The standard InChI is InChI=1S/C14H21N3OS/c1-10-12(15)8-13(19-10)14(18)17-7-4-11(9-17)16-5-2-3-6-16/h8,11H,2-7,9,15H2,1H3. The number of amides is 1. The maximum Gasteiger partial charge on any atom is 0.264 e. The zero-order chi connectivity index (χ0) is 13.4. The van der Waals surface area contributed by atoms with Crippen molar-refractivity contribution in [1.29, 1.82) is 0 Å². The number of nitrogens with two attached hydrogens (primary N) is 1. The van der Waals surface area contributed by atoms with Crippen molar-refractivity contribution >= 4 is 22.9 Å². The number of nitrogens with zero attached hydrogens (tertiary/aromatic N) is 2. The molecule has 0 saturated carbocycles. The molecule has 2 aliphatic rings. The van der Waals surface area contributed by atoms with Gasteiger partial charge < -0.3 is 10.6 Å². The summed E-state index contributed by atoms with van der Waals surface area (Å²) in [6.07, 6.45) is 3.74. The van der Waals surface area contributed by atoms with Crippen LogP contribution in [0, 0.1) is 6.92 Å². The molecule has 0 radical (unpaired) electrons. The average Bonchev–Trinajstić information content (AvgIpc) is 3.09. The lowest BCUT2D eigenvalue weighted by Gasteiger charge is -2.23. The van der Waals surface area contributed by atoms with E-state index in [1.165, 1.54) is 37.3 Å². The number of hydrogen-bond acceptors (Lipinski definition) is 4. The van der Waals surface area contributed by atoms with E-state index in [-0.39, 0.29) is 5.91 Å². The first kappa shape index (κ1) is 12.9. The quantitative estimate of drug-likeness (QED) is 0.900. The topological polar surface area (TPSA) is 49.6 Å². The smallest absolute Gasteiger partial charge is 0.264 e. The van der Waals surface area contributed by atoms with Gasteiger partial charge in [-0.1, -0.05) is 0 Å². The number of aryl methyl sites for hydroxylation is 1. The molecule has 3 heterocycles. The number of rotatable bonds is 2. The minimum atomic E-state index is 0.159. The van der Waals surface area contributed by atoms with Crippen LogP contribution in [0.25, 0.3) is 0 Å². The van der Waals surface area contributed by atoms with Crippen LogP contribution >= 0.6 is 11.3 Å². The van der Waals surface area contributed by atoms with E-state index in [1.807, 2.05) is 17.9 Å². The van der Waals surface area contributed by atoms with Crippen molar-refractivity contribution in [3.63, 3.8) is 0 Å². The van der Waals surface area contributed by atoms with Crippen LogP contribution in [0.15, 0.2) is 6.07 Å². The van der Waals surface area contributed by atoms with Gasteiger partial charge in [0.15, 0.2) is 0 Å². The molecule has 5 heteroatoms. The van der Waals surface area contributed by atoms with Crippen molar-refractivity contribution < 1.29 is 4.79 Å². The SMILES string of the molecule is Cc1sc(C(=O)N2CCC(N3CCCC3)C2)cc1N. The lowest BCUT2D eigenvalue weighted by Crippen LogP contribution is -2.36. The van der Waals surface area contributed by atoms with Gasteiger partial charge in [-0.15, -0.1) is 11.3 Å². The van der Waals surface area contributed by atoms with Crippen LogP contribution in [-0.4, -0.2) is 47.9 Å². The number of thiophene rings is 1. The molecule has 2 fully saturated rings. The van der Waals surface area contributed by atoms with Crippen molar-refractivity contribution in [2.24, 2.45) is 0 Å². The van der Waals surface area contributed by atoms with E-state index in [2.05, 4.69) is 4.90 Å². The second kappa shape index (κ2) is 5.13. The van der Waals surface area contributed by atoms with E-state index >= 15 is 0 Å². The molecule has 2 aliphatic heterocycles. The second-order valence-electron chi connectivity index (χ2n) is 5.56. The summed E-state index contributed by atoms with van der Waals surface area (Å²) in [7, 11) is 0. The molecule has 0 bridgehead atoms. The largest absolute Gasteiger partial charge is 0.398 e. The first-order chi connectivity index (χ1) is 9.15. The van der Waals surface area contributed by atoms with Gasteiger partial charge in [0, 0.05) is 29.7 Å². The minimum Gasteiger partial charge on any atom is -0.398 e. The van der Waals surface area contributed by atoms with E-state index in [4.69, 9.17) is 5.73 Å². The van der Waals surface area contributed by atoms with Crippen LogP contribution in [0.2, 0.25) is 0 Å². The van der Waals surface area contributed by atoms with Crippen LogP contribution < -0.4 is 5.73 Å². The third-order valence-electron chi connectivity index (χ3n) is 4.27. The fourth-order valence-electron chi connectivity index (χ4n) is 3.09. The third kappa shape index (κ3) is 2.49. The number of likely N-dealkylation sites (tertiary alicyclic amines) is 2. The zero-order valence-corrected chi connectivity index (χ0v) is 12.2. The van der Waals surface area contributed by atoms with E-state index in [0.29, 0.717) is 6.04 Å². The molecule has 2 N–H and O–H groups in total. The maximum atomic E-state index is 12.4. The van der Waals surface area contributed by atoms with Crippen LogP contribution in [0.1, 0.15) is 33.8 Å². The molecular formula is C14H21N3OS. The van der Waals surface area contributed by atoms with Crippen molar-refractivity contribution in [3.8, 4) is 0 Å². The van der Waals surface area contributed by atoms with Gasteiger partial charge >= 0.3 is 0 Å². The van der Waals surface area contributed by atoms with Gasteiger partial charge in [-0.2, -0.15) is 0 Å². The summed E-state index contributed by atoms with van der Waals surface area (Å²) >= 11 is 1.51. The highest BCUT2D eigenvalue weighted by Gasteiger charge is 2.32. The Morgan fingerprint density at radius 2 is 2.11 bits per heavy atom. The van der Waals surface area contributed by atoms with Crippen LogP contribution in [0.4, 0.5) is 5.69 Å². The molecule has 0 aromatic carbocycles. The Kier molecular flexibility index (Phi) is 3.50. The fourth-order valence-corrected chi connectivity index (χ4v) is 4.00. The summed E-state index contributed by atoms with van der Waals surface area (Å²) in [5.41, 5.74) is 6.57. The Balaban J connectivity index is 1.65. The Morgan fingerprint density at radius 3 is 2.74 bits per heavy atom. The van der Waals surface area contributed by atoms with Crippen molar-refractivity contribution in [3.05, 3.63) is 15.8 Å². The van der Waals surface area contributed by atoms with Gasteiger partial charge in [0.05, 0.1) is 4.88 Å². The lowest BCUT2D eigenvalue weighted by atomic mass is 10.2. The summed E-state index contributed by atoms with van der Waals surface area (Å²) in [6.45, 7) is 6.15. The monoisotopic (exact) mass is 279 g/mol. The van der Waals surface area contributed by atoms with E-state index in [1.54, 1.807) is 0 Å². The predicted octanol–water partition coefficient (Wildman–Crippen LogP) is 1.95. The summed E-state index contributed by atoms with van der Waals surface area (Å²) in [4.78, 5) is 18.8. The molecule has 1 atom stereocenters. The molecule has 2 saturated heterocycles. The first-order valence-electron chi connectivity index (χ1n) is 7.04. The fraction of sp³-hybridized carbons (Fsp3) is 0.643.